The number of carbonyl (C=O) groups is 2. The number of anilines is 2. The Labute approximate surface area is 173 Å². The van der Waals surface area contributed by atoms with Crippen LogP contribution in [0.1, 0.15) is 22.8 Å². The Hall–Kier alpha value is -3.32. The van der Waals surface area contributed by atoms with Crippen LogP contribution in [0.3, 0.4) is 0 Å². The van der Waals surface area contributed by atoms with Crippen LogP contribution >= 0.6 is 11.8 Å². The van der Waals surface area contributed by atoms with Crippen molar-refractivity contribution in [2.24, 2.45) is 0 Å². The minimum Gasteiger partial charge on any atom is -0.495 e. The molecule has 2 amide bonds. The number of benzene rings is 2. The molecule has 0 radical (unpaired) electrons. The van der Waals surface area contributed by atoms with Gasteiger partial charge in [0, 0.05) is 23.7 Å². The molecular weight excluding hydrogens is 386 g/mol. The van der Waals surface area contributed by atoms with Crippen molar-refractivity contribution in [3.05, 3.63) is 71.9 Å². The number of rotatable bonds is 6. The molecule has 1 heterocycles. The van der Waals surface area contributed by atoms with Gasteiger partial charge in [0.25, 0.3) is 5.91 Å². The molecule has 0 fully saturated rings. The van der Waals surface area contributed by atoms with E-state index >= 15 is 0 Å². The first-order chi connectivity index (χ1) is 14.0. The molecule has 1 aromatic heterocycles. The van der Waals surface area contributed by atoms with Crippen molar-refractivity contribution < 1.29 is 14.3 Å². The smallest absolute Gasteiger partial charge is 0.258 e. The van der Waals surface area contributed by atoms with Crippen LogP contribution in [0.25, 0.3) is 0 Å². The fourth-order valence-electron chi connectivity index (χ4n) is 2.68. The molecule has 6 nitrogen and oxygen atoms in total. The second-order valence-electron chi connectivity index (χ2n) is 6.32. The minimum absolute atomic E-state index is 0.124. The Kier molecular flexibility index (Phi) is 6.51. The van der Waals surface area contributed by atoms with Gasteiger partial charge >= 0.3 is 0 Å². The number of methoxy groups -OCH3 is 1. The predicted molar refractivity (Wildman–Crippen MR) is 115 cm³/mol. The molecule has 0 aliphatic rings. The average molecular weight is 407 g/mol. The molecule has 2 aromatic carbocycles. The second-order valence-corrected chi connectivity index (χ2v) is 7.38. The average Bonchev–Trinajstić information content (AvgIpc) is 2.69. The van der Waals surface area contributed by atoms with E-state index in [0.29, 0.717) is 27.7 Å². The van der Waals surface area contributed by atoms with Gasteiger partial charge in [-0.3, -0.25) is 9.59 Å². The maximum Gasteiger partial charge on any atom is 0.258 e. The van der Waals surface area contributed by atoms with Gasteiger partial charge in [0.1, 0.15) is 10.8 Å². The number of hydrogen-bond acceptors (Lipinski definition) is 5. The highest BCUT2D eigenvalue weighted by molar-refractivity contribution is 7.99. The monoisotopic (exact) mass is 407 g/mol. The molecule has 0 unspecified atom stereocenters. The van der Waals surface area contributed by atoms with Crippen molar-refractivity contribution in [2.45, 2.75) is 23.8 Å². The van der Waals surface area contributed by atoms with Crippen LogP contribution in [0.4, 0.5) is 11.4 Å². The van der Waals surface area contributed by atoms with Crippen molar-refractivity contribution in [1.29, 1.82) is 0 Å². The van der Waals surface area contributed by atoms with Gasteiger partial charge in [-0.15, -0.1) is 0 Å². The third-order valence-corrected chi connectivity index (χ3v) is 5.03. The van der Waals surface area contributed by atoms with Crippen molar-refractivity contribution in [1.82, 2.24) is 4.98 Å². The summed E-state index contributed by atoms with van der Waals surface area (Å²) in [6.45, 7) is 3.41. The van der Waals surface area contributed by atoms with Gasteiger partial charge in [-0.05, 0) is 61.0 Å². The zero-order chi connectivity index (χ0) is 20.8. The van der Waals surface area contributed by atoms with E-state index in [1.807, 2.05) is 49.4 Å². The molecule has 148 valence electrons. The number of aromatic nitrogens is 1. The predicted octanol–water partition coefficient (Wildman–Crippen LogP) is 4.76. The maximum absolute atomic E-state index is 12.9. The summed E-state index contributed by atoms with van der Waals surface area (Å²) < 4.78 is 5.34. The van der Waals surface area contributed by atoms with Crippen LogP contribution in [0.5, 0.6) is 5.75 Å². The SMILES string of the molecule is COc1ccc(C)cc1NC(=O)c1cccnc1Sc1ccc(NC(C)=O)cc1. The van der Waals surface area contributed by atoms with Gasteiger partial charge in [0.15, 0.2) is 0 Å². The lowest BCUT2D eigenvalue weighted by Gasteiger charge is -2.12. The summed E-state index contributed by atoms with van der Waals surface area (Å²) in [5.41, 5.74) is 2.80. The second kappa shape index (κ2) is 9.25. The van der Waals surface area contributed by atoms with E-state index in [4.69, 9.17) is 4.74 Å². The molecule has 0 aliphatic heterocycles. The van der Waals surface area contributed by atoms with Crippen LogP contribution in [-0.2, 0) is 4.79 Å². The zero-order valence-electron chi connectivity index (χ0n) is 16.4. The summed E-state index contributed by atoms with van der Waals surface area (Å²) in [7, 11) is 1.57. The third-order valence-electron chi connectivity index (χ3n) is 4.01. The van der Waals surface area contributed by atoms with E-state index in [9.17, 15) is 9.59 Å². The quantitative estimate of drug-likeness (QED) is 0.616. The molecule has 0 saturated heterocycles. The fraction of sp³-hybridized carbons (Fsp3) is 0.136. The summed E-state index contributed by atoms with van der Waals surface area (Å²) >= 11 is 1.38. The molecule has 0 spiro atoms. The number of ether oxygens (including phenoxy) is 1. The van der Waals surface area contributed by atoms with Crippen LogP contribution in [0.15, 0.2) is 70.7 Å². The van der Waals surface area contributed by atoms with Gasteiger partial charge in [-0.1, -0.05) is 17.8 Å². The molecule has 29 heavy (non-hydrogen) atoms. The largest absolute Gasteiger partial charge is 0.495 e. The fourth-order valence-corrected chi connectivity index (χ4v) is 3.56. The number of nitrogens with one attached hydrogen (secondary N) is 2. The molecular formula is C22H21N3O3S. The third kappa shape index (κ3) is 5.36. The van der Waals surface area contributed by atoms with E-state index in [0.717, 1.165) is 10.5 Å². The number of pyridine rings is 1. The number of nitrogens with zero attached hydrogens (tertiary/aromatic N) is 1. The normalized spacial score (nSPS) is 10.3. The van der Waals surface area contributed by atoms with E-state index in [2.05, 4.69) is 15.6 Å². The van der Waals surface area contributed by atoms with E-state index in [1.165, 1.54) is 18.7 Å². The minimum atomic E-state index is -0.264. The van der Waals surface area contributed by atoms with Gasteiger partial charge in [-0.25, -0.2) is 4.98 Å². The number of aryl methyl sites for hydroxylation is 1. The lowest BCUT2D eigenvalue weighted by Crippen LogP contribution is -2.14. The summed E-state index contributed by atoms with van der Waals surface area (Å²) in [4.78, 5) is 29.3. The molecule has 3 aromatic rings. The maximum atomic E-state index is 12.9. The number of hydrogen-bond donors (Lipinski definition) is 2. The zero-order valence-corrected chi connectivity index (χ0v) is 17.2. The summed E-state index contributed by atoms with van der Waals surface area (Å²) in [5.74, 6) is 0.204. The summed E-state index contributed by atoms with van der Waals surface area (Å²) in [6, 6.07) is 16.4. The van der Waals surface area contributed by atoms with E-state index in [-0.39, 0.29) is 11.8 Å². The molecule has 0 bridgehead atoms. The van der Waals surface area contributed by atoms with Crippen LogP contribution in [-0.4, -0.2) is 23.9 Å². The lowest BCUT2D eigenvalue weighted by atomic mass is 10.2. The van der Waals surface area contributed by atoms with Gasteiger partial charge in [0.05, 0.1) is 18.4 Å². The van der Waals surface area contributed by atoms with Crippen LogP contribution in [0, 0.1) is 6.92 Å². The lowest BCUT2D eigenvalue weighted by molar-refractivity contribution is -0.114. The van der Waals surface area contributed by atoms with E-state index < -0.39 is 0 Å². The first-order valence-corrected chi connectivity index (χ1v) is 9.74. The van der Waals surface area contributed by atoms with Gasteiger partial charge < -0.3 is 15.4 Å². The number of amides is 2. The molecule has 0 atom stereocenters. The van der Waals surface area contributed by atoms with Crippen LogP contribution < -0.4 is 15.4 Å². The van der Waals surface area contributed by atoms with E-state index in [1.54, 1.807) is 25.4 Å². The van der Waals surface area contributed by atoms with Gasteiger partial charge in [0.2, 0.25) is 5.91 Å². The first-order valence-electron chi connectivity index (χ1n) is 8.93. The highest BCUT2D eigenvalue weighted by Gasteiger charge is 2.15. The molecule has 2 N–H and O–H groups in total. The number of carbonyl (C=O) groups excluding carboxylic acids is 2. The highest BCUT2D eigenvalue weighted by Crippen LogP contribution is 2.31. The summed E-state index contributed by atoms with van der Waals surface area (Å²) in [6.07, 6.45) is 1.65. The topological polar surface area (TPSA) is 80.3 Å². The Balaban J connectivity index is 1.81. The van der Waals surface area contributed by atoms with Crippen molar-refractivity contribution in [2.75, 3.05) is 17.7 Å². The summed E-state index contributed by atoms with van der Waals surface area (Å²) in [5, 5.41) is 6.23. The van der Waals surface area contributed by atoms with Crippen molar-refractivity contribution in [3.8, 4) is 5.75 Å². The molecule has 0 saturated carbocycles. The van der Waals surface area contributed by atoms with Crippen molar-refractivity contribution >= 4 is 35.0 Å². The Bertz CT molecular complexity index is 1040. The Morgan fingerprint density at radius 3 is 2.48 bits per heavy atom. The highest BCUT2D eigenvalue weighted by atomic mass is 32.2. The first kappa shape index (κ1) is 20.4. The van der Waals surface area contributed by atoms with Crippen molar-refractivity contribution in [3.63, 3.8) is 0 Å². The van der Waals surface area contributed by atoms with Crippen LogP contribution in [0.2, 0.25) is 0 Å². The Morgan fingerprint density at radius 2 is 1.79 bits per heavy atom. The van der Waals surface area contributed by atoms with Gasteiger partial charge in [-0.2, -0.15) is 0 Å². The molecule has 3 rings (SSSR count). The standard InChI is InChI=1S/C22H21N3O3S/c1-14-6-11-20(28-3)19(13-14)25-21(27)18-5-4-12-23-22(18)29-17-9-7-16(8-10-17)24-15(2)26/h4-13H,1-3H3,(H,24,26)(H,25,27). The molecule has 7 heteroatoms. The Morgan fingerprint density at radius 1 is 1.03 bits per heavy atom. The molecule has 0 aliphatic carbocycles.